The lowest BCUT2D eigenvalue weighted by Gasteiger charge is -2.35. The van der Waals surface area contributed by atoms with Crippen LogP contribution in [0.1, 0.15) is 49.0 Å². The van der Waals surface area contributed by atoms with Crippen LogP contribution in [0.15, 0.2) is 24.3 Å². The topological polar surface area (TPSA) is 57.8 Å². The number of fused-ring (bicyclic) bond motifs is 3. The van der Waals surface area contributed by atoms with E-state index in [1.165, 1.54) is 30.2 Å². The van der Waals surface area contributed by atoms with Gasteiger partial charge in [0.15, 0.2) is 6.61 Å². The first kappa shape index (κ1) is 24.8. The Labute approximate surface area is 217 Å². The second-order valence-corrected chi connectivity index (χ2v) is 10.5. The Balaban J connectivity index is 1.41. The van der Waals surface area contributed by atoms with E-state index >= 15 is 0 Å². The van der Waals surface area contributed by atoms with Crippen LogP contribution >= 0.6 is 11.6 Å². The maximum atomic E-state index is 13.1. The summed E-state index contributed by atoms with van der Waals surface area (Å²) in [5, 5.41) is 2.25. The number of ether oxygens (including phenoxy) is 2. The van der Waals surface area contributed by atoms with Crippen LogP contribution in [0.2, 0.25) is 0 Å². The molecule has 2 aliphatic heterocycles. The molecule has 1 aliphatic carbocycles. The molecule has 1 amide bonds. The fourth-order valence-electron chi connectivity index (χ4n) is 5.61. The van der Waals surface area contributed by atoms with E-state index < -0.39 is 0 Å². The standard InChI is InChI=1S/C29H34ClN3O3/c1-3-4-16-35-29(34)33-15-13-24-25-17-22(30)9-12-26(25)31-27(24)28(33)21-7-10-23(11-8-21)36-19-20-6-5-14-32(2)18-20/h7-8,10-12,17,20,22,28,31H,5-6,9,13-16,18-19H2,1-2H3. The summed E-state index contributed by atoms with van der Waals surface area (Å²) < 4.78 is 11.6. The van der Waals surface area contributed by atoms with Crippen molar-refractivity contribution in [3.05, 3.63) is 51.7 Å². The number of hydrogen-bond donors (Lipinski definition) is 1. The predicted molar refractivity (Wildman–Crippen MR) is 142 cm³/mol. The summed E-state index contributed by atoms with van der Waals surface area (Å²) in [5.41, 5.74) is 3.28. The zero-order valence-corrected chi connectivity index (χ0v) is 21.8. The van der Waals surface area contributed by atoms with E-state index in [9.17, 15) is 4.79 Å². The van der Waals surface area contributed by atoms with Crippen molar-refractivity contribution in [2.75, 3.05) is 39.9 Å². The molecule has 0 bridgehead atoms. The number of carbonyl (C=O) groups is 1. The molecule has 0 radical (unpaired) electrons. The summed E-state index contributed by atoms with van der Waals surface area (Å²) in [6.07, 6.45) is 7.91. The Morgan fingerprint density at radius 3 is 2.86 bits per heavy atom. The van der Waals surface area contributed by atoms with Gasteiger partial charge in [-0.2, -0.15) is 0 Å². The monoisotopic (exact) mass is 507 g/mol. The van der Waals surface area contributed by atoms with Crippen molar-refractivity contribution in [1.29, 1.82) is 0 Å². The molecule has 7 heteroatoms. The highest BCUT2D eigenvalue weighted by Crippen LogP contribution is 2.34. The van der Waals surface area contributed by atoms with E-state index in [4.69, 9.17) is 21.1 Å². The van der Waals surface area contributed by atoms with Crippen molar-refractivity contribution >= 4 is 29.8 Å². The second kappa shape index (κ2) is 11.0. The van der Waals surface area contributed by atoms with Gasteiger partial charge in [-0.05, 0) is 69.5 Å². The SMILES string of the molecule is CC#CCOC(=O)N1CCc2c([nH]c3c2=CC(Cl)CC=3)C1c1ccc(OCC2CCCN(C)C2)cc1. The Kier molecular flexibility index (Phi) is 7.59. The molecule has 1 saturated heterocycles. The molecule has 3 unspecified atom stereocenters. The number of alkyl halides is 1. The lowest BCUT2D eigenvalue weighted by Crippen LogP contribution is -2.42. The average Bonchev–Trinajstić information content (AvgIpc) is 3.25. The van der Waals surface area contributed by atoms with E-state index in [1.54, 1.807) is 11.8 Å². The molecular formula is C29H34ClN3O3. The summed E-state index contributed by atoms with van der Waals surface area (Å²) >= 11 is 6.44. The Morgan fingerprint density at radius 2 is 2.08 bits per heavy atom. The number of carbonyl (C=O) groups excluding carboxylic acids is 1. The number of nitrogens with one attached hydrogen (secondary N) is 1. The van der Waals surface area contributed by atoms with Crippen LogP contribution < -0.4 is 15.3 Å². The fourth-order valence-corrected chi connectivity index (χ4v) is 5.83. The number of halogens is 1. The van der Waals surface area contributed by atoms with Crippen LogP contribution in [0.5, 0.6) is 5.75 Å². The molecule has 5 rings (SSSR count). The number of likely N-dealkylation sites (tertiary alicyclic amines) is 1. The van der Waals surface area contributed by atoms with E-state index in [2.05, 4.69) is 53.1 Å². The van der Waals surface area contributed by atoms with E-state index in [0.29, 0.717) is 12.5 Å². The van der Waals surface area contributed by atoms with Gasteiger partial charge in [-0.3, -0.25) is 4.90 Å². The number of nitrogens with zero attached hydrogens (tertiary/aromatic N) is 2. The molecule has 1 fully saturated rings. The molecule has 0 spiro atoms. The zero-order chi connectivity index (χ0) is 25.1. The Hall–Kier alpha value is -2.88. The maximum absolute atomic E-state index is 13.1. The van der Waals surface area contributed by atoms with Crippen molar-refractivity contribution in [1.82, 2.24) is 14.8 Å². The van der Waals surface area contributed by atoms with E-state index in [1.807, 2.05) is 12.1 Å². The van der Waals surface area contributed by atoms with Crippen molar-refractivity contribution in [2.45, 2.75) is 44.0 Å². The Morgan fingerprint density at radius 1 is 1.25 bits per heavy atom. The van der Waals surface area contributed by atoms with Gasteiger partial charge in [0.2, 0.25) is 0 Å². The minimum atomic E-state index is -0.356. The second-order valence-electron chi connectivity index (χ2n) is 9.94. The van der Waals surface area contributed by atoms with Crippen LogP contribution in [0, 0.1) is 17.8 Å². The summed E-state index contributed by atoms with van der Waals surface area (Å²) in [6.45, 7) is 5.36. The molecule has 1 aromatic heterocycles. The van der Waals surface area contributed by atoms with Crippen LogP contribution in [0.3, 0.4) is 0 Å². The lowest BCUT2D eigenvalue weighted by atomic mass is 9.92. The number of rotatable bonds is 5. The third-order valence-corrected chi connectivity index (χ3v) is 7.68. The number of hydrogen-bond acceptors (Lipinski definition) is 4. The molecule has 2 aromatic rings. The van der Waals surface area contributed by atoms with Gasteiger partial charge in [-0.1, -0.05) is 30.2 Å². The molecule has 36 heavy (non-hydrogen) atoms. The third kappa shape index (κ3) is 5.28. The van der Waals surface area contributed by atoms with Crippen molar-refractivity contribution in [3.8, 4) is 17.6 Å². The lowest BCUT2D eigenvalue weighted by molar-refractivity contribution is 0.0991. The number of H-pyrrole nitrogens is 1. The van der Waals surface area contributed by atoms with Gasteiger partial charge in [-0.25, -0.2) is 4.79 Å². The highest BCUT2D eigenvalue weighted by Gasteiger charge is 2.35. The van der Waals surface area contributed by atoms with Crippen molar-refractivity contribution in [2.24, 2.45) is 5.92 Å². The average molecular weight is 508 g/mol. The van der Waals surface area contributed by atoms with E-state index in [-0.39, 0.29) is 24.1 Å². The van der Waals surface area contributed by atoms with Crippen LogP contribution in [0.25, 0.3) is 12.2 Å². The van der Waals surface area contributed by atoms with Crippen molar-refractivity contribution < 1.29 is 14.3 Å². The number of piperidine rings is 1. The van der Waals surface area contributed by atoms with Gasteiger partial charge < -0.3 is 19.4 Å². The number of amides is 1. The highest BCUT2D eigenvalue weighted by molar-refractivity contribution is 6.24. The molecule has 0 saturated carbocycles. The largest absolute Gasteiger partial charge is 0.493 e. The predicted octanol–water partition coefficient (Wildman–Crippen LogP) is 3.41. The molecule has 1 N–H and O–H groups in total. The molecular weight excluding hydrogens is 474 g/mol. The first-order chi connectivity index (χ1) is 17.5. The van der Waals surface area contributed by atoms with Gasteiger partial charge in [0.25, 0.3) is 0 Å². The summed E-state index contributed by atoms with van der Waals surface area (Å²) in [5.74, 6) is 7.01. The molecule has 3 heterocycles. The van der Waals surface area contributed by atoms with E-state index in [0.717, 1.165) is 48.3 Å². The number of aromatic amines is 1. The maximum Gasteiger partial charge on any atom is 0.411 e. The molecule has 1 aromatic carbocycles. The summed E-state index contributed by atoms with van der Waals surface area (Å²) in [7, 11) is 2.17. The minimum absolute atomic E-state index is 0.00755. The fraction of sp³-hybridized carbons (Fsp3) is 0.483. The van der Waals surface area contributed by atoms with Crippen LogP contribution in [-0.2, 0) is 11.2 Å². The van der Waals surface area contributed by atoms with Crippen LogP contribution in [0.4, 0.5) is 4.79 Å². The molecule has 190 valence electrons. The van der Waals surface area contributed by atoms with Gasteiger partial charge >= 0.3 is 6.09 Å². The third-order valence-electron chi connectivity index (χ3n) is 7.37. The molecule has 3 aliphatic rings. The normalized spacial score (nSPS) is 23.3. The quantitative estimate of drug-likeness (QED) is 0.498. The minimum Gasteiger partial charge on any atom is -0.493 e. The van der Waals surface area contributed by atoms with Gasteiger partial charge in [0.1, 0.15) is 11.8 Å². The van der Waals surface area contributed by atoms with Gasteiger partial charge in [0, 0.05) is 35.3 Å². The summed E-state index contributed by atoms with van der Waals surface area (Å²) in [4.78, 5) is 20.9. The highest BCUT2D eigenvalue weighted by atomic mass is 35.5. The number of benzene rings is 1. The summed E-state index contributed by atoms with van der Waals surface area (Å²) in [6, 6.07) is 7.87. The smallest absolute Gasteiger partial charge is 0.411 e. The first-order valence-corrected chi connectivity index (χ1v) is 13.3. The molecule has 6 nitrogen and oxygen atoms in total. The van der Waals surface area contributed by atoms with Crippen LogP contribution in [-0.4, -0.2) is 66.1 Å². The molecule has 3 atom stereocenters. The van der Waals surface area contributed by atoms with Crippen molar-refractivity contribution in [3.63, 3.8) is 0 Å². The van der Waals surface area contributed by atoms with Gasteiger partial charge in [0.05, 0.1) is 12.0 Å². The Bertz CT molecular complexity index is 1270. The first-order valence-electron chi connectivity index (χ1n) is 12.8. The van der Waals surface area contributed by atoms with Gasteiger partial charge in [-0.15, -0.1) is 17.5 Å². The number of aromatic nitrogens is 1. The zero-order valence-electron chi connectivity index (χ0n) is 21.1.